The molecule has 7 heteroatoms. The van der Waals surface area contributed by atoms with E-state index in [1.807, 2.05) is 0 Å². The highest BCUT2D eigenvalue weighted by Gasteiger charge is 2.08. The molecular weight excluding hydrogens is 160 g/mol. The van der Waals surface area contributed by atoms with Crippen molar-refractivity contribution in [2.75, 3.05) is 7.05 Å². The standard InChI is InChI=1S/C5H12N6O/c1-3(12)9-5(11(2)8)4(6)10-7/h7-8H2,1-2H3,(H2,6,10). The Hall–Kier alpha value is -1.63. The lowest BCUT2D eigenvalue weighted by Gasteiger charge is -2.12. The zero-order chi connectivity index (χ0) is 9.72. The normalized spacial score (nSPS) is 12.9. The molecule has 0 rings (SSSR count). The molecule has 0 atom stereocenters. The molecule has 68 valence electrons. The number of nitrogens with zero attached hydrogens (tertiary/aromatic N) is 3. The molecule has 0 heterocycles. The molecule has 0 spiro atoms. The minimum absolute atomic E-state index is 0.0463. The molecule has 0 saturated heterocycles. The maximum absolute atomic E-state index is 10.6. The number of rotatable bonds is 0. The van der Waals surface area contributed by atoms with Crippen molar-refractivity contribution in [2.45, 2.75) is 6.92 Å². The average molecular weight is 172 g/mol. The Bertz CT molecular complexity index is 230. The lowest BCUT2D eigenvalue weighted by atomic mass is 10.5. The van der Waals surface area contributed by atoms with Crippen LogP contribution in [0.3, 0.4) is 0 Å². The minimum atomic E-state index is -0.422. The fourth-order valence-electron chi connectivity index (χ4n) is 0.524. The second kappa shape index (κ2) is 4.29. The van der Waals surface area contributed by atoms with Crippen LogP contribution in [0.4, 0.5) is 0 Å². The molecule has 0 aromatic carbocycles. The van der Waals surface area contributed by atoms with Crippen LogP contribution in [0.25, 0.3) is 0 Å². The number of carbonyl (C=O) groups excluding carboxylic acids is 1. The monoisotopic (exact) mass is 172 g/mol. The Morgan fingerprint density at radius 3 is 2.25 bits per heavy atom. The molecule has 0 unspecified atom stereocenters. The Morgan fingerprint density at radius 2 is 2.00 bits per heavy atom. The van der Waals surface area contributed by atoms with Gasteiger partial charge in [-0.05, 0) is 0 Å². The van der Waals surface area contributed by atoms with Crippen molar-refractivity contribution in [1.82, 2.24) is 5.01 Å². The number of aliphatic imine (C=N–C) groups is 1. The molecule has 0 aliphatic heterocycles. The first-order valence-corrected chi connectivity index (χ1v) is 3.10. The van der Waals surface area contributed by atoms with E-state index >= 15 is 0 Å². The van der Waals surface area contributed by atoms with Gasteiger partial charge in [0.25, 0.3) is 0 Å². The SMILES string of the molecule is CC(=O)N=C(C(N)=NN)N(C)N. The third kappa shape index (κ3) is 2.97. The van der Waals surface area contributed by atoms with Gasteiger partial charge in [-0.2, -0.15) is 10.1 Å². The summed E-state index contributed by atoms with van der Waals surface area (Å²) >= 11 is 0. The zero-order valence-corrected chi connectivity index (χ0v) is 6.98. The molecule has 0 aromatic rings. The van der Waals surface area contributed by atoms with E-state index in [4.69, 9.17) is 17.4 Å². The third-order valence-corrected chi connectivity index (χ3v) is 0.966. The molecule has 0 aliphatic carbocycles. The number of hydrogen-bond donors (Lipinski definition) is 3. The molecule has 1 amide bonds. The molecule has 0 bridgehead atoms. The minimum Gasteiger partial charge on any atom is -0.379 e. The van der Waals surface area contributed by atoms with E-state index < -0.39 is 5.91 Å². The average Bonchev–Trinajstić information content (AvgIpc) is 1.98. The quantitative estimate of drug-likeness (QED) is 0.168. The van der Waals surface area contributed by atoms with Crippen LogP contribution in [0.2, 0.25) is 0 Å². The second-order valence-electron chi connectivity index (χ2n) is 2.08. The predicted octanol–water partition coefficient (Wildman–Crippen LogP) is -2.03. The van der Waals surface area contributed by atoms with E-state index in [-0.39, 0.29) is 11.7 Å². The molecule has 0 aliphatic rings. The van der Waals surface area contributed by atoms with Crippen molar-refractivity contribution in [3.05, 3.63) is 0 Å². The van der Waals surface area contributed by atoms with Crippen molar-refractivity contribution in [1.29, 1.82) is 0 Å². The largest absolute Gasteiger partial charge is 0.379 e. The van der Waals surface area contributed by atoms with Crippen LogP contribution in [0.5, 0.6) is 0 Å². The van der Waals surface area contributed by atoms with Crippen molar-refractivity contribution < 1.29 is 4.79 Å². The van der Waals surface area contributed by atoms with Crippen LogP contribution < -0.4 is 17.4 Å². The number of hydrogen-bond acceptors (Lipinski definition) is 4. The Morgan fingerprint density at radius 1 is 1.50 bits per heavy atom. The van der Waals surface area contributed by atoms with Gasteiger partial charge >= 0.3 is 0 Å². The maximum atomic E-state index is 10.6. The maximum Gasteiger partial charge on any atom is 0.244 e. The van der Waals surface area contributed by atoms with Crippen LogP contribution in [-0.2, 0) is 4.79 Å². The molecule has 0 aromatic heterocycles. The first kappa shape index (κ1) is 10.4. The van der Waals surface area contributed by atoms with E-state index in [9.17, 15) is 4.79 Å². The summed E-state index contributed by atoms with van der Waals surface area (Å²) in [6.07, 6.45) is 0. The first-order valence-electron chi connectivity index (χ1n) is 3.10. The van der Waals surface area contributed by atoms with Gasteiger partial charge in [0.1, 0.15) is 0 Å². The number of hydrazone groups is 1. The van der Waals surface area contributed by atoms with E-state index in [1.54, 1.807) is 0 Å². The number of nitrogens with two attached hydrogens (primary N) is 3. The summed E-state index contributed by atoms with van der Waals surface area (Å²) in [5, 5.41) is 4.22. The van der Waals surface area contributed by atoms with Crippen LogP contribution in [0, 0.1) is 0 Å². The number of carbonyl (C=O) groups is 1. The van der Waals surface area contributed by atoms with Gasteiger partial charge in [-0.25, -0.2) is 5.84 Å². The van der Waals surface area contributed by atoms with E-state index in [0.29, 0.717) is 0 Å². The third-order valence-electron chi connectivity index (χ3n) is 0.966. The molecule has 7 nitrogen and oxygen atoms in total. The van der Waals surface area contributed by atoms with Gasteiger partial charge in [0.05, 0.1) is 0 Å². The lowest BCUT2D eigenvalue weighted by Crippen LogP contribution is -2.43. The lowest BCUT2D eigenvalue weighted by molar-refractivity contribution is -0.115. The highest BCUT2D eigenvalue weighted by Crippen LogP contribution is 1.83. The van der Waals surface area contributed by atoms with Crippen LogP contribution >= 0.6 is 0 Å². The highest BCUT2D eigenvalue weighted by atomic mass is 16.1. The topological polar surface area (TPSA) is 123 Å². The van der Waals surface area contributed by atoms with Crippen LogP contribution in [0.1, 0.15) is 6.92 Å². The van der Waals surface area contributed by atoms with Gasteiger partial charge in [0.15, 0.2) is 11.7 Å². The van der Waals surface area contributed by atoms with E-state index in [2.05, 4.69) is 10.1 Å². The summed E-state index contributed by atoms with van der Waals surface area (Å²) in [5.74, 6) is 9.71. The van der Waals surface area contributed by atoms with Gasteiger partial charge in [-0.15, -0.1) is 0 Å². The van der Waals surface area contributed by atoms with Crippen molar-refractivity contribution in [3.63, 3.8) is 0 Å². The molecule has 0 saturated carbocycles. The molecule has 0 radical (unpaired) electrons. The summed E-state index contributed by atoms with van der Waals surface area (Å²) in [6.45, 7) is 1.27. The smallest absolute Gasteiger partial charge is 0.244 e. The van der Waals surface area contributed by atoms with E-state index in [1.165, 1.54) is 14.0 Å². The van der Waals surface area contributed by atoms with Gasteiger partial charge in [-0.1, -0.05) is 0 Å². The van der Waals surface area contributed by atoms with Crippen LogP contribution in [-0.4, -0.2) is 29.6 Å². The summed E-state index contributed by atoms with van der Waals surface area (Å²) in [6, 6.07) is 0. The Labute approximate surface area is 69.9 Å². The van der Waals surface area contributed by atoms with Crippen LogP contribution in [0.15, 0.2) is 10.1 Å². The van der Waals surface area contributed by atoms with Gasteiger partial charge in [0.2, 0.25) is 5.91 Å². The number of amidine groups is 2. The molecule has 6 N–H and O–H groups in total. The molecular formula is C5H12N6O. The van der Waals surface area contributed by atoms with Crippen molar-refractivity contribution >= 4 is 17.6 Å². The Kier molecular flexibility index (Phi) is 3.71. The summed E-state index contributed by atoms with van der Waals surface area (Å²) < 4.78 is 0. The number of amides is 1. The van der Waals surface area contributed by atoms with Gasteiger partial charge in [-0.3, -0.25) is 9.80 Å². The second-order valence-corrected chi connectivity index (χ2v) is 2.08. The summed E-state index contributed by atoms with van der Waals surface area (Å²) in [5.41, 5.74) is 5.29. The fraction of sp³-hybridized carbons (Fsp3) is 0.400. The number of likely N-dealkylation sites (N-methyl/N-ethyl adjacent to an activating group) is 1. The zero-order valence-electron chi connectivity index (χ0n) is 6.98. The van der Waals surface area contributed by atoms with Gasteiger partial charge < -0.3 is 11.6 Å². The van der Waals surface area contributed by atoms with Crippen molar-refractivity contribution in [2.24, 2.45) is 27.5 Å². The molecule has 0 fully saturated rings. The van der Waals surface area contributed by atoms with Gasteiger partial charge in [0, 0.05) is 14.0 Å². The molecule has 12 heavy (non-hydrogen) atoms. The first-order chi connectivity index (χ1) is 5.49. The van der Waals surface area contributed by atoms with Crippen molar-refractivity contribution in [3.8, 4) is 0 Å². The summed E-state index contributed by atoms with van der Waals surface area (Å²) in [4.78, 5) is 14.0. The fourth-order valence-corrected chi connectivity index (χ4v) is 0.524. The Balaban J connectivity index is 4.79. The predicted molar refractivity (Wildman–Crippen MR) is 45.9 cm³/mol. The summed E-state index contributed by atoms with van der Waals surface area (Å²) in [7, 11) is 1.47. The van der Waals surface area contributed by atoms with E-state index in [0.717, 1.165) is 5.01 Å². The number of hydrazine groups is 1. The highest BCUT2D eigenvalue weighted by molar-refractivity contribution is 6.40.